The lowest BCUT2D eigenvalue weighted by molar-refractivity contribution is -0.138. The summed E-state index contributed by atoms with van der Waals surface area (Å²) >= 11 is 0. The molecule has 0 saturated carbocycles. The second kappa shape index (κ2) is 8.06. The van der Waals surface area contributed by atoms with E-state index in [0.717, 1.165) is 0 Å². The molecule has 1 aliphatic heterocycles. The van der Waals surface area contributed by atoms with E-state index in [-0.39, 0.29) is 12.5 Å². The van der Waals surface area contributed by atoms with Crippen LogP contribution in [0.25, 0.3) is 0 Å². The van der Waals surface area contributed by atoms with Gasteiger partial charge in [-0.25, -0.2) is 9.18 Å². The Morgan fingerprint density at radius 1 is 1.24 bits per heavy atom. The van der Waals surface area contributed by atoms with Crippen LogP contribution < -0.4 is 10.6 Å². The molecule has 1 aromatic rings. The molecule has 1 heterocycles. The molecular formula is C17H21FN2O5. The number of nitrogens with one attached hydrogen (secondary N) is 2. The Bertz CT molecular complexity index is 664. The van der Waals surface area contributed by atoms with Crippen molar-refractivity contribution in [2.24, 2.45) is 5.92 Å². The highest BCUT2D eigenvalue weighted by Gasteiger charge is 2.51. The first-order valence-electron chi connectivity index (χ1n) is 7.99. The number of carbonyl (C=O) groups is 3. The van der Waals surface area contributed by atoms with Gasteiger partial charge in [0.1, 0.15) is 11.9 Å². The second-order valence-corrected chi connectivity index (χ2v) is 6.32. The minimum atomic E-state index is -1.22. The van der Waals surface area contributed by atoms with Gasteiger partial charge in [-0.3, -0.25) is 9.59 Å². The average molecular weight is 352 g/mol. The van der Waals surface area contributed by atoms with Crippen molar-refractivity contribution in [1.29, 1.82) is 0 Å². The van der Waals surface area contributed by atoms with E-state index in [1.807, 2.05) is 13.8 Å². The molecular weight excluding hydrogens is 331 g/mol. The van der Waals surface area contributed by atoms with Gasteiger partial charge >= 0.3 is 5.97 Å². The fraction of sp³-hybridized carbons (Fsp3) is 0.471. The molecule has 0 aliphatic carbocycles. The minimum absolute atomic E-state index is 0.00630. The Morgan fingerprint density at radius 2 is 1.92 bits per heavy atom. The van der Waals surface area contributed by atoms with Crippen LogP contribution in [0.5, 0.6) is 0 Å². The number of hydrogen-bond donors (Lipinski definition) is 3. The lowest BCUT2D eigenvalue weighted by atomic mass is 10.0. The first-order chi connectivity index (χ1) is 11.8. The number of amides is 2. The third-order valence-corrected chi connectivity index (χ3v) is 3.74. The number of carboxylic acid groups (broad SMARTS) is 1. The summed E-state index contributed by atoms with van der Waals surface area (Å²) in [7, 11) is 0. The van der Waals surface area contributed by atoms with Gasteiger partial charge in [-0.15, -0.1) is 0 Å². The van der Waals surface area contributed by atoms with Crippen LogP contribution in [-0.2, 0) is 25.7 Å². The van der Waals surface area contributed by atoms with Gasteiger partial charge in [0.15, 0.2) is 12.2 Å². The Balaban J connectivity index is 1.94. The van der Waals surface area contributed by atoms with E-state index in [9.17, 15) is 18.8 Å². The maximum atomic E-state index is 13.6. The molecule has 2 amide bonds. The van der Waals surface area contributed by atoms with Crippen LogP contribution in [0, 0.1) is 11.7 Å². The lowest BCUT2D eigenvalue weighted by Gasteiger charge is -2.20. The fourth-order valence-corrected chi connectivity index (χ4v) is 2.40. The molecule has 25 heavy (non-hydrogen) atoms. The van der Waals surface area contributed by atoms with Gasteiger partial charge in [-0.05, 0) is 18.4 Å². The summed E-state index contributed by atoms with van der Waals surface area (Å²) in [5.74, 6) is -2.63. The third kappa shape index (κ3) is 5.25. The number of epoxide rings is 1. The predicted molar refractivity (Wildman–Crippen MR) is 85.9 cm³/mol. The molecule has 136 valence electrons. The third-order valence-electron chi connectivity index (χ3n) is 3.74. The van der Waals surface area contributed by atoms with E-state index < -0.39 is 41.9 Å². The van der Waals surface area contributed by atoms with Crippen molar-refractivity contribution < 1.29 is 28.6 Å². The first kappa shape index (κ1) is 18.9. The zero-order valence-electron chi connectivity index (χ0n) is 14.0. The summed E-state index contributed by atoms with van der Waals surface area (Å²) in [6.45, 7) is 3.77. The summed E-state index contributed by atoms with van der Waals surface area (Å²) in [5.41, 5.74) is 0.335. The van der Waals surface area contributed by atoms with Crippen LogP contribution >= 0.6 is 0 Å². The molecule has 2 rings (SSSR count). The van der Waals surface area contributed by atoms with Gasteiger partial charge in [-0.2, -0.15) is 0 Å². The molecule has 0 bridgehead atoms. The van der Waals surface area contributed by atoms with E-state index in [0.29, 0.717) is 12.0 Å². The predicted octanol–water partition coefficient (Wildman–Crippen LogP) is 0.825. The Morgan fingerprint density at radius 3 is 2.48 bits per heavy atom. The van der Waals surface area contributed by atoms with E-state index in [1.165, 1.54) is 6.07 Å². The molecule has 3 atom stereocenters. The van der Waals surface area contributed by atoms with Crippen molar-refractivity contribution in [3.63, 3.8) is 0 Å². The van der Waals surface area contributed by atoms with Crippen molar-refractivity contribution in [1.82, 2.24) is 10.6 Å². The highest BCUT2D eigenvalue weighted by Crippen LogP contribution is 2.22. The van der Waals surface area contributed by atoms with Crippen LogP contribution in [0.3, 0.4) is 0 Å². The van der Waals surface area contributed by atoms with E-state index in [4.69, 9.17) is 9.84 Å². The summed E-state index contributed by atoms with van der Waals surface area (Å²) in [5, 5.41) is 13.9. The number of carboxylic acids is 1. The molecule has 1 aromatic carbocycles. The molecule has 8 heteroatoms. The van der Waals surface area contributed by atoms with Crippen LogP contribution in [-0.4, -0.2) is 41.1 Å². The maximum Gasteiger partial charge on any atom is 0.336 e. The zero-order valence-corrected chi connectivity index (χ0v) is 14.0. The quantitative estimate of drug-likeness (QED) is 0.601. The van der Waals surface area contributed by atoms with Crippen molar-refractivity contribution >= 4 is 17.8 Å². The fourth-order valence-electron chi connectivity index (χ4n) is 2.40. The Kier molecular flexibility index (Phi) is 6.08. The minimum Gasteiger partial charge on any atom is -0.479 e. The summed E-state index contributed by atoms with van der Waals surface area (Å²) < 4.78 is 18.4. The molecule has 1 fully saturated rings. The summed E-state index contributed by atoms with van der Waals surface area (Å²) in [6.07, 6.45) is -1.88. The zero-order chi connectivity index (χ0) is 18.6. The molecule has 7 nitrogen and oxygen atoms in total. The topological polar surface area (TPSA) is 108 Å². The number of hydrogen-bond acceptors (Lipinski definition) is 4. The SMILES string of the molecule is CC(C)CC(NC(=O)[C@H]1O[C@@H]1C(=O)O)C(=O)NCc1ccccc1F. The molecule has 0 spiro atoms. The smallest absolute Gasteiger partial charge is 0.336 e. The first-order valence-corrected chi connectivity index (χ1v) is 7.99. The number of benzene rings is 1. The van der Waals surface area contributed by atoms with Gasteiger partial charge in [0.05, 0.1) is 0 Å². The van der Waals surface area contributed by atoms with Crippen molar-refractivity contribution in [2.75, 3.05) is 0 Å². The second-order valence-electron chi connectivity index (χ2n) is 6.32. The highest BCUT2D eigenvalue weighted by molar-refractivity contribution is 5.95. The number of rotatable bonds is 8. The van der Waals surface area contributed by atoms with Crippen LogP contribution in [0.2, 0.25) is 0 Å². The maximum absolute atomic E-state index is 13.6. The Labute approximate surface area is 144 Å². The molecule has 0 aromatic heterocycles. The van der Waals surface area contributed by atoms with Crippen LogP contribution in [0.1, 0.15) is 25.8 Å². The van der Waals surface area contributed by atoms with Crippen molar-refractivity contribution in [2.45, 2.75) is 45.1 Å². The van der Waals surface area contributed by atoms with E-state index in [2.05, 4.69) is 10.6 Å². The van der Waals surface area contributed by atoms with E-state index >= 15 is 0 Å². The number of halogens is 1. The highest BCUT2D eigenvalue weighted by atomic mass is 19.1. The standard InChI is InChI=1S/C17H21FN2O5/c1-9(2)7-12(20-16(22)13-14(25-13)17(23)24)15(21)19-8-10-5-3-4-6-11(10)18/h3-6,9,12-14H,7-8H2,1-2H3,(H,19,21)(H,20,22)(H,23,24)/t12?,13-,14-/m0/s1. The normalized spacial score (nSPS) is 20.0. The van der Waals surface area contributed by atoms with Crippen molar-refractivity contribution in [3.8, 4) is 0 Å². The number of carbonyl (C=O) groups excluding carboxylic acids is 2. The number of ether oxygens (including phenoxy) is 1. The summed E-state index contributed by atoms with van der Waals surface area (Å²) in [6, 6.07) is 5.22. The molecule has 3 N–H and O–H groups in total. The largest absolute Gasteiger partial charge is 0.479 e. The van der Waals surface area contributed by atoms with Crippen LogP contribution in [0.15, 0.2) is 24.3 Å². The lowest BCUT2D eigenvalue weighted by Crippen LogP contribution is -2.48. The number of aliphatic carboxylic acids is 1. The summed E-state index contributed by atoms with van der Waals surface area (Å²) in [4.78, 5) is 35.1. The van der Waals surface area contributed by atoms with Gasteiger partial charge in [-0.1, -0.05) is 32.0 Å². The average Bonchev–Trinajstić information content (AvgIpc) is 3.33. The van der Waals surface area contributed by atoms with Gasteiger partial charge in [0.2, 0.25) is 5.91 Å². The molecule has 1 unspecified atom stereocenters. The molecule has 0 radical (unpaired) electrons. The van der Waals surface area contributed by atoms with Gasteiger partial charge < -0.3 is 20.5 Å². The van der Waals surface area contributed by atoms with Crippen molar-refractivity contribution in [3.05, 3.63) is 35.6 Å². The van der Waals surface area contributed by atoms with Gasteiger partial charge in [0, 0.05) is 12.1 Å². The monoisotopic (exact) mass is 352 g/mol. The van der Waals surface area contributed by atoms with Gasteiger partial charge in [0.25, 0.3) is 5.91 Å². The van der Waals surface area contributed by atoms with Crippen LogP contribution in [0.4, 0.5) is 4.39 Å². The Hall–Kier alpha value is -2.48. The molecule has 1 aliphatic rings. The molecule has 1 saturated heterocycles. The van der Waals surface area contributed by atoms with E-state index in [1.54, 1.807) is 18.2 Å².